The lowest BCUT2D eigenvalue weighted by Crippen LogP contribution is -2.33. The Hall–Kier alpha value is -0.600. The second-order valence-corrected chi connectivity index (χ2v) is 9.11. The quantitative estimate of drug-likeness (QED) is 0.556. The fraction of sp³-hybridized carbons (Fsp3) is 0.692. The Morgan fingerprint density at radius 3 is 2.71 bits per heavy atom. The van der Waals surface area contributed by atoms with Gasteiger partial charge in [-0.15, -0.1) is 0 Å². The minimum atomic E-state index is -2.93. The van der Waals surface area contributed by atoms with Crippen LogP contribution < -0.4 is 0 Å². The highest BCUT2D eigenvalue weighted by molar-refractivity contribution is 8.26. The zero-order chi connectivity index (χ0) is 15.6. The molecule has 2 heterocycles. The Balaban J connectivity index is 2.14. The van der Waals surface area contributed by atoms with E-state index in [1.165, 1.54) is 11.8 Å². The van der Waals surface area contributed by atoms with Gasteiger partial charge in [0.1, 0.15) is 4.32 Å². The molecule has 0 unspecified atom stereocenters. The van der Waals surface area contributed by atoms with Gasteiger partial charge in [-0.25, -0.2) is 8.42 Å². The zero-order valence-corrected chi connectivity index (χ0v) is 14.7. The first-order valence-corrected chi connectivity index (χ1v) is 10.1. The summed E-state index contributed by atoms with van der Waals surface area (Å²) in [6.45, 7) is 5.28. The molecule has 1 atom stereocenters. The summed E-state index contributed by atoms with van der Waals surface area (Å²) in [6, 6.07) is -0.0327. The van der Waals surface area contributed by atoms with Crippen molar-refractivity contribution in [3.63, 3.8) is 0 Å². The first kappa shape index (κ1) is 16.8. The zero-order valence-electron chi connectivity index (χ0n) is 12.2. The van der Waals surface area contributed by atoms with Crippen molar-refractivity contribution in [2.24, 2.45) is 0 Å². The largest absolute Gasteiger partial charge is 0.373 e. The van der Waals surface area contributed by atoms with Crippen LogP contribution in [0.15, 0.2) is 11.1 Å². The van der Waals surface area contributed by atoms with E-state index in [1.54, 1.807) is 11.1 Å². The van der Waals surface area contributed by atoms with Crippen LogP contribution in [0.5, 0.6) is 0 Å². The van der Waals surface area contributed by atoms with Crippen LogP contribution in [0.1, 0.15) is 26.7 Å². The van der Waals surface area contributed by atoms with E-state index < -0.39 is 9.84 Å². The van der Waals surface area contributed by atoms with Crippen LogP contribution in [-0.4, -0.2) is 59.1 Å². The minimum absolute atomic E-state index is 0.0327. The monoisotopic (exact) mass is 348 g/mol. The molecule has 2 fully saturated rings. The molecule has 2 saturated heterocycles. The molecule has 0 spiro atoms. The number of rotatable bonds is 5. The van der Waals surface area contributed by atoms with Gasteiger partial charge in [-0.3, -0.25) is 9.69 Å². The SMILES string of the molecule is CCCN1C(=O)/C(=C/N(CC)[C@H]2CCS(=O)(=O)C2)SC1=S. The molecule has 118 valence electrons. The third-order valence-electron chi connectivity index (χ3n) is 3.65. The van der Waals surface area contributed by atoms with Crippen molar-refractivity contribution in [3.05, 3.63) is 11.1 Å². The number of nitrogens with zero attached hydrogens (tertiary/aromatic N) is 2. The second-order valence-electron chi connectivity index (χ2n) is 5.21. The van der Waals surface area contributed by atoms with Crippen molar-refractivity contribution in [2.75, 3.05) is 24.6 Å². The maximum absolute atomic E-state index is 12.3. The highest BCUT2D eigenvalue weighted by Crippen LogP contribution is 2.32. The molecule has 0 aliphatic carbocycles. The number of sulfone groups is 1. The summed E-state index contributed by atoms with van der Waals surface area (Å²) in [5.41, 5.74) is 0. The highest BCUT2D eigenvalue weighted by atomic mass is 32.2. The molecular formula is C13H20N2O3S3. The maximum Gasteiger partial charge on any atom is 0.267 e. The van der Waals surface area contributed by atoms with Crippen molar-refractivity contribution < 1.29 is 13.2 Å². The molecule has 2 aliphatic rings. The van der Waals surface area contributed by atoms with Gasteiger partial charge >= 0.3 is 0 Å². The fourth-order valence-corrected chi connectivity index (χ4v) is 5.59. The number of thioether (sulfide) groups is 1. The van der Waals surface area contributed by atoms with E-state index in [4.69, 9.17) is 12.2 Å². The Bertz CT molecular complexity index is 571. The molecule has 0 bridgehead atoms. The molecule has 0 aromatic heterocycles. The lowest BCUT2D eigenvalue weighted by Gasteiger charge is -2.25. The molecule has 2 aliphatic heterocycles. The van der Waals surface area contributed by atoms with Gasteiger partial charge in [0.15, 0.2) is 9.84 Å². The Kier molecular flexibility index (Phi) is 5.32. The number of hydrogen-bond donors (Lipinski definition) is 0. The van der Waals surface area contributed by atoms with E-state index in [-0.39, 0.29) is 23.5 Å². The second kappa shape index (κ2) is 6.66. The third kappa shape index (κ3) is 3.78. The molecule has 1 amide bonds. The first-order chi connectivity index (χ1) is 9.88. The minimum Gasteiger partial charge on any atom is -0.373 e. The van der Waals surface area contributed by atoms with Crippen molar-refractivity contribution in [2.45, 2.75) is 32.7 Å². The molecule has 21 heavy (non-hydrogen) atoms. The lowest BCUT2D eigenvalue weighted by atomic mass is 10.2. The average molecular weight is 349 g/mol. The highest BCUT2D eigenvalue weighted by Gasteiger charge is 2.34. The van der Waals surface area contributed by atoms with Crippen molar-refractivity contribution in [3.8, 4) is 0 Å². The van der Waals surface area contributed by atoms with Gasteiger partial charge < -0.3 is 4.90 Å². The van der Waals surface area contributed by atoms with Crippen LogP contribution >= 0.6 is 24.0 Å². The average Bonchev–Trinajstić information content (AvgIpc) is 2.90. The van der Waals surface area contributed by atoms with Gasteiger partial charge in [0.2, 0.25) is 0 Å². The van der Waals surface area contributed by atoms with Crippen LogP contribution in [0, 0.1) is 0 Å². The summed E-state index contributed by atoms with van der Waals surface area (Å²) in [5, 5.41) is 0. The summed E-state index contributed by atoms with van der Waals surface area (Å²) >= 11 is 6.54. The van der Waals surface area contributed by atoms with Gasteiger partial charge in [0.25, 0.3) is 5.91 Å². The molecule has 5 nitrogen and oxygen atoms in total. The summed E-state index contributed by atoms with van der Waals surface area (Å²) in [7, 11) is -2.93. The normalized spacial score (nSPS) is 26.9. The molecule has 2 rings (SSSR count). The van der Waals surface area contributed by atoms with E-state index in [0.717, 1.165) is 6.42 Å². The third-order valence-corrected chi connectivity index (χ3v) is 6.76. The lowest BCUT2D eigenvalue weighted by molar-refractivity contribution is -0.122. The predicted octanol–water partition coefficient (Wildman–Crippen LogP) is 1.61. The summed E-state index contributed by atoms with van der Waals surface area (Å²) in [4.78, 5) is 16.5. The smallest absolute Gasteiger partial charge is 0.267 e. The molecular weight excluding hydrogens is 328 g/mol. The van der Waals surface area contributed by atoms with Gasteiger partial charge in [-0.2, -0.15) is 0 Å². The van der Waals surface area contributed by atoms with Gasteiger partial charge in [-0.05, 0) is 19.8 Å². The number of amides is 1. The van der Waals surface area contributed by atoms with Crippen LogP contribution in [0.3, 0.4) is 0 Å². The predicted molar refractivity (Wildman–Crippen MR) is 89.7 cm³/mol. The van der Waals surface area contributed by atoms with Gasteiger partial charge in [0, 0.05) is 25.3 Å². The van der Waals surface area contributed by atoms with E-state index in [0.29, 0.717) is 28.7 Å². The Labute approximate surface area is 135 Å². The van der Waals surface area contributed by atoms with Crippen LogP contribution in [0.2, 0.25) is 0 Å². The maximum atomic E-state index is 12.3. The summed E-state index contributed by atoms with van der Waals surface area (Å²) in [6.07, 6.45) is 3.28. The number of thiocarbonyl (C=S) groups is 1. The fourth-order valence-electron chi connectivity index (χ4n) is 2.55. The molecule has 0 saturated carbocycles. The van der Waals surface area contributed by atoms with E-state index in [1.807, 2.05) is 18.7 Å². The van der Waals surface area contributed by atoms with Crippen molar-refractivity contribution in [1.82, 2.24) is 9.80 Å². The molecule has 0 radical (unpaired) electrons. The summed E-state index contributed by atoms with van der Waals surface area (Å²) in [5.74, 6) is 0.344. The Morgan fingerprint density at radius 2 is 2.19 bits per heavy atom. The topological polar surface area (TPSA) is 57.7 Å². The number of carbonyl (C=O) groups is 1. The molecule has 0 N–H and O–H groups in total. The van der Waals surface area contributed by atoms with E-state index in [2.05, 4.69) is 0 Å². The summed E-state index contributed by atoms with van der Waals surface area (Å²) < 4.78 is 23.8. The standard InChI is InChI=1S/C13H20N2O3S3/c1-3-6-15-12(16)11(20-13(15)19)8-14(4-2)10-5-7-21(17,18)9-10/h8,10H,3-7,9H2,1-2H3/b11-8-/t10-/m0/s1. The number of hydrogen-bond acceptors (Lipinski definition) is 6. The van der Waals surface area contributed by atoms with Gasteiger partial charge in [-0.1, -0.05) is 30.9 Å². The van der Waals surface area contributed by atoms with Crippen LogP contribution in [0.4, 0.5) is 0 Å². The van der Waals surface area contributed by atoms with Crippen molar-refractivity contribution in [1.29, 1.82) is 0 Å². The van der Waals surface area contributed by atoms with E-state index in [9.17, 15) is 13.2 Å². The van der Waals surface area contributed by atoms with Crippen molar-refractivity contribution >= 4 is 44.0 Å². The molecule has 0 aromatic rings. The Morgan fingerprint density at radius 1 is 1.48 bits per heavy atom. The number of carbonyl (C=O) groups excluding carboxylic acids is 1. The van der Waals surface area contributed by atoms with E-state index >= 15 is 0 Å². The first-order valence-electron chi connectivity index (χ1n) is 7.09. The molecule has 8 heteroatoms. The van der Waals surface area contributed by atoms with Crippen LogP contribution in [0.25, 0.3) is 0 Å². The van der Waals surface area contributed by atoms with Crippen LogP contribution in [-0.2, 0) is 14.6 Å². The molecule has 0 aromatic carbocycles. The van der Waals surface area contributed by atoms with Gasteiger partial charge in [0.05, 0.1) is 16.4 Å².